The van der Waals surface area contributed by atoms with Crippen molar-refractivity contribution in [1.29, 1.82) is 0 Å². The van der Waals surface area contributed by atoms with Gasteiger partial charge in [-0.25, -0.2) is 0 Å². The average Bonchev–Trinajstić information content (AvgIpc) is 2.40. The van der Waals surface area contributed by atoms with Crippen LogP contribution < -0.4 is 0 Å². The number of hydrogen-bond donors (Lipinski definition) is 0. The highest BCUT2D eigenvalue weighted by molar-refractivity contribution is 6.08. The van der Waals surface area contributed by atoms with Gasteiger partial charge in [0.2, 0.25) is 0 Å². The summed E-state index contributed by atoms with van der Waals surface area (Å²) in [6.45, 7) is 3.88. The lowest BCUT2D eigenvalue weighted by Gasteiger charge is -2.05. The third-order valence-corrected chi connectivity index (χ3v) is 2.62. The Morgan fingerprint density at radius 3 is 2.00 bits per heavy atom. The van der Waals surface area contributed by atoms with E-state index in [1.807, 2.05) is 60.7 Å². The summed E-state index contributed by atoms with van der Waals surface area (Å²) in [6, 6.07) is 19.2. The lowest BCUT2D eigenvalue weighted by Crippen LogP contribution is -2.04. The van der Waals surface area contributed by atoms with Gasteiger partial charge in [-0.1, -0.05) is 67.2 Å². The van der Waals surface area contributed by atoms with Crippen molar-refractivity contribution >= 4 is 5.78 Å². The third kappa shape index (κ3) is 2.91. The Kier molecular flexibility index (Phi) is 3.51. The first-order valence-electron chi connectivity index (χ1n) is 5.59. The fourth-order valence-corrected chi connectivity index (χ4v) is 1.72. The van der Waals surface area contributed by atoms with Crippen LogP contribution >= 0.6 is 0 Å². The van der Waals surface area contributed by atoms with Gasteiger partial charge < -0.3 is 0 Å². The Bertz CT molecular complexity index is 512. The molecule has 0 spiro atoms. The maximum Gasteiger partial charge on any atom is 0.188 e. The summed E-state index contributed by atoms with van der Waals surface area (Å²) in [4.78, 5) is 12.0. The summed E-state index contributed by atoms with van der Waals surface area (Å²) >= 11 is 0. The number of allylic oxidation sites excluding steroid dienone is 1. The summed E-state index contributed by atoms with van der Waals surface area (Å²) in [7, 11) is 0. The first-order chi connectivity index (χ1) is 8.27. The van der Waals surface area contributed by atoms with Gasteiger partial charge in [-0.2, -0.15) is 0 Å². The molecule has 0 saturated heterocycles. The normalized spacial score (nSPS) is 9.88. The molecule has 1 heteroatoms. The van der Waals surface area contributed by atoms with Crippen molar-refractivity contribution in [2.45, 2.75) is 6.42 Å². The molecule has 0 heterocycles. The summed E-state index contributed by atoms with van der Waals surface area (Å²) in [5.41, 5.74) is 2.44. The fourth-order valence-electron chi connectivity index (χ4n) is 1.72. The second-order valence-corrected chi connectivity index (χ2v) is 3.96. The van der Waals surface area contributed by atoms with Crippen molar-refractivity contribution in [1.82, 2.24) is 0 Å². The van der Waals surface area contributed by atoms with E-state index in [1.165, 1.54) is 0 Å². The van der Waals surface area contributed by atoms with Gasteiger partial charge in [0.1, 0.15) is 0 Å². The number of carbonyl (C=O) groups is 1. The first kappa shape index (κ1) is 11.3. The lowest BCUT2D eigenvalue weighted by molar-refractivity contribution is 0.103. The molecule has 2 rings (SSSR count). The van der Waals surface area contributed by atoms with Gasteiger partial charge in [-0.15, -0.1) is 0 Å². The Morgan fingerprint density at radius 1 is 0.882 bits per heavy atom. The third-order valence-electron chi connectivity index (χ3n) is 2.62. The zero-order valence-corrected chi connectivity index (χ0v) is 9.60. The van der Waals surface area contributed by atoms with Gasteiger partial charge in [0.25, 0.3) is 0 Å². The maximum absolute atomic E-state index is 12.0. The molecule has 0 aliphatic rings. The van der Waals surface area contributed by atoms with Gasteiger partial charge in [-0.3, -0.25) is 4.79 Å². The molecule has 0 N–H and O–H groups in total. The van der Waals surface area contributed by atoms with E-state index in [1.54, 1.807) is 0 Å². The van der Waals surface area contributed by atoms with Gasteiger partial charge in [0.15, 0.2) is 5.78 Å². The summed E-state index contributed by atoms with van der Waals surface area (Å²) in [6.07, 6.45) is 0.606. The van der Waals surface area contributed by atoms with Gasteiger partial charge in [0, 0.05) is 12.0 Å². The summed E-state index contributed by atoms with van der Waals surface area (Å²) < 4.78 is 0. The van der Waals surface area contributed by atoms with Crippen LogP contribution in [-0.4, -0.2) is 5.78 Å². The highest BCUT2D eigenvalue weighted by atomic mass is 16.1. The van der Waals surface area contributed by atoms with Crippen LogP contribution in [0.15, 0.2) is 72.8 Å². The van der Waals surface area contributed by atoms with E-state index in [9.17, 15) is 4.79 Å². The molecule has 0 radical (unpaired) electrons. The second kappa shape index (κ2) is 5.26. The minimum atomic E-state index is 0.0226. The molecule has 0 aliphatic heterocycles. The van der Waals surface area contributed by atoms with E-state index in [-0.39, 0.29) is 5.78 Å². The van der Waals surface area contributed by atoms with Gasteiger partial charge in [0.05, 0.1) is 0 Å². The van der Waals surface area contributed by atoms with Crippen LogP contribution in [0.3, 0.4) is 0 Å². The van der Waals surface area contributed by atoms with Crippen molar-refractivity contribution in [2.24, 2.45) is 0 Å². The van der Waals surface area contributed by atoms with Crippen LogP contribution in [0.1, 0.15) is 15.9 Å². The van der Waals surface area contributed by atoms with E-state index >= 15 is 0 Å². The molecular weight excluding hydrogens is 208 g/mol. The molecule has 0 aliphatic carbocycles. The second-order valence-electron chi connectivity index (χ2n) is 3.96. The van der Waals surface area contributed by atoms with Crippen molar-refractivity contribution < 1.29 is 4.79 Å². The molecule has 0 fully saturated rings. The molecule has 84 valence electrons. The molecule has 2 aromatic carbocycles. The van der Waals surface area contributed by atoms with Crippen LogP contribution in [0.4, 0.5) is 0 Å². The summed E-state index contributed by atoms with van der Waals surface area (Å²) in [5, 5.41) is 0. The van der Waals surface area contributed by atoms with Crippen LogP contribution in [0.25, 0.3) is 0 Å². The number of Topliss-reactive ketones (excluding diaryl/α,β-unsaturated/α-hetero) is 1. The number of ketones is 1. The number of rotatable bonds is 4. The minimum Gasteiger partial charge on any atom is -0.289 e. The van der Waals surface area contributed by atoms with Gasteiger partial charge in [-0.05, 0) is 11.1 Å². The molecule has 0 saturated carbocycles. The Labute approximate surface area is 101 Å². The molecule has 0 atom stereocenters. The minimum absolute atomic E-state index is 0.0226. The highest BCUT2D eigenvalue weighted by Gasteiger charge is 2.09. The zero-order valence-electron chi connectivity index (χ0n) is 9.60. The van der Waals surface area contributed by atoms with Crippen molar-refractivity contribution in [3.05, 3.63) is 83.9 Å². The van der Waals surface area contributed by atoms with Crippen LogP contribution in [-0.2, 0) is 6.42 Å². The highest BCUT2D eigenvalue weighted by Crippen LogP contribution is 2.12. The number of carbonyl (C=O) groups excluding carboxylic acids is 1. The molecule has 17 heavy (non-hydrogen) atoms. The monoisotopic (exact) mass is 222 g/mol. The predicted octanol–water partition coefficient (Wildman–Crippen LogP) is 3.67. The lowest BCUT2D eigenvalue weighted by atomic mass is 9.99. The van der Waals surface area contributed by atoms with Crippen molar-refractivity contribution in [3.8, 4) is 0 Å². The quantitative estimate of drug-likeness (QED) is 0.570. The Morgan fingerprint density at radius 2 is 1.41 bits per heavy atom. The van der Waals surface area contributed by atoms with E-state index in [0.29, 0.717) is 17.6 Å². The zero-order chi connectivity index (χ0) is 12.1. The van der Waals surface area contributed by atoms with Gasteiger partial charge >= 0.3 is 0 Å². The van der Waals surface area contributed by atoms with Crippen LogP contribution in [0.5, 0.6) is 0 Å². The Balaban J connectivity index is 2.09. The van der Waals surface area contributed by atoms with Crippen molar-refractivity contribution in [3.63, 3.8) is 0 Å². The number of benzene rings is 2. The molecular formula is C16H14O. The van der Waals surface area contributed by atoms with E-state index in [2.05, 4.69) is 6.58 Å². The SMILES string of the molecule is C=C(Cc1ccccc1)C(=O)c1ccccc1. The first-order valence-corrected chi connectivity index (χ1v) is 5.59. The van der Waals surface area contributed by atoms with E-state index in [0.717, 1.165) is 5.56 Å². The molecule has 2 aromatic rings. The van der Waals surface area contributed by atoms with E-state index < -0.39 is 0 Å². The molecule has 0 bridgehead atoms. The smallest absolute Gasteiger partial charge is 0.188 e. The molecule has 0 unspecified atom stereocenters. The molecule has 1 nitrogen and oxygen atoms in total. The topological polar surface area (TPSA) is 17.1 Å². The molecule has 0 amide bonds. The summed E-state index contributed by atoms with van der Waals surface area (Å²) in [5.74, 6) is 0.0226. The van der Waals surface area contributed by atoms with E-state index in [4.69, 9.17) is 0 Å². The average molecular weight is 222 g/mol. The Hall–Kier alpha value is -2.15. The van der Waals surface area contributed by atoms with Crippen LogP contribution in [0.2, 0.25) is 0 Å². The largest absolute Gasteiger partial charge is 0.289 e. The maximum atomic E-state index is 12.0. The fraction of sp³-hybridized carbons (Fsp3) is 0.0625. The van der Waals surface area contributed by atoms with Crippen molar-refractivity contribution in [2.75, 3.05) is 0 Å². The number of hydrogen-bond acceptors (Lipinski definition) is 1. The predicted molar refractivity (Wildman–Crippen MR) is 70.1 cm³/mol. The van der Waals surface area contributed by atoms with Crippen LogP contribution in [0, 0.1) is 0 Å². The standard InChI is InChI=1S/C16H14O/c1-13(12-14-8-4-2-5-9-14)16(17)15-10-6-3-7-11-15/h2-11H,1,12H2. The molecule has 0 aromatic heterocycles.